The third kappa shape index (κ3) is 3.02. The molecule has 0 radical (unpaired) electrons. The van der Waals surface area contributed by atoms with E-state index < -0.39 is 0 Å². The molecule has 0 aliphatic carbocycles. The maximum atomic E-state index is 3.98. The molecule has 2 N–H and O–H groups in total. The minimum atomic E-state index is 0.663. The molecule has 0 amide bonds. The summed E-state index contributed by atoms with van der Waals surface area (Å²) in [5.74, 6) is 0. The molecule has 1 aliphatic rings. The number of piperidine rings is 1. The van der Waals surface area contributed by atoms with E-state index in [1.54, 1.807) is 6.20 Å². The number of rotatable bonds is 4. The Labute approximate surface area is 120 Å². The average Bonchev–Trinajstić information content (AvgIpc) is 3.01. The monoisotopic (exact) mass is 270 g/mol. The highest BCUT2D eigenvalue weighted by atomic mass is 15.2. The number of nitrogens with zero attached hydrogens (tertiary/aromatic N) is 2. The van der Waals surface area contributed by atoms with Crippen molar-refractivity contribution < 1.29 is 0 Å². The third-order valence-electron chi connectivity index (χ3n) is 4.16. The van der Waals surface area contributed by atoms with Crippen molar-refractivity contribution in [1.82, 2.24) is 15.1 Å². The number of aromatic amines is 1. The van der Waals surface area contributed by atoms with Crippen LogP contribution in [0.3, 0.4) is 0 Å². The van der Waals surface area contributed by atoms with E-state index in [9.17, 15) is 0 Å². The molecule has 0 saturated carbocycles. The van der Waals surface area contributed by atoms with Crippen LogP contribution in [0.2, 0.25) is 0 Å². The maximum absolute atomic E-state index is 3.98. The van der Waals surface area contributed by atoms with Gasteiger partial charge in [0.25, 0.3) is 0 Å². The van der Waals surface area contributed by atoms with Crippen LogP contribution in [0.15, 0.2) is 36.5 Å². The lowest BCUT2D eigenvalue weighted by molar-refractivity contribution is 0.194. The van der Waals surface area contributed by atoms with Crippen LogP contribution >= 0.6 is 0 Å². The van der Waals surface area contributed by atoms with Gasteiger partial charge in [0.2, 0.25) is 0 Å². The molecule has 4 heteroatoms. The Hall–Kier alpha value is -1.81. The van der Waals surface area contributed by atoms with Gasteiger partial charge < -0.3 is 10.2 Å². The third-order valence-corrected chi connectivity index (χ3v) is 4.16. The van der Waals surface area contributed by atoms with Gasteiger partial charge in [-0.3, -0.25) is 5.10 Å². The molecule has 2 heterocycles. The van der Waals surface area contributed by atoms with Crippen LogP contribution in [-0.4, -0.2) is 41.3 Å². The van der Waals surface area contributed by atoms with Gasteiger partial charge in [0, 0.05) is 24.5 Å². The Bertz CT molecular complexity index is 518. The van der Waals surface area contributed by atoms with E-state index in [2.05, 4.69) is 51.7 Å². The maximum Gasteiger partial charge on any atom is 0.0650 e. The van der Waals surface area contributed by atoms with Crippen LogP contribution in [0, 0.1) is 0 Å². The number of nitrogens with one attached hydrogen (secondary N) is 2. The second-order valence-corrected chi connectivity index (χ2v) is 5.56. The fourth-order valence-corrected chi connectivity index (χ4v) is 2.82. The summed E-state index contributed by atoms with van der Waals surface area (Å²) in [7, 11) is 2.23. The number of anilines is 1. The Kier molecular flexibility index (Phi) is 4.02. The second kappa shape index (κ2) is 6.09. The molecule has 1 aliphatic heterocycles. The summed E-state index contributed by atoms with van der Waals surface area (Å²) in [5.41, 5.74) is 3.42. The first-order chi connectivity index (χ1) is 9.83. The molecule has 4 nitrogen and oxygen atoms in total. The van der Waals surface area contributed by atoms with Crippen molar-refractivity contribution >= 4 is 5.69 Å². The van der Waals surface area contributed by atoms with E-state index in [0.717, 1.165) is 12.2 Å². The van der Waals surface area contributed by atoms with E-state index in [4.69, 9.17) is 0 Å². The fourth-order valence-electron chi connectivity index (χ4n) is 2.82. The largest absolute Gasteiger partial charge is 0.383 e. The SMILES string of the molecule is CN1CCCCC1CNc1ccc(-c2ccn[nH]2)cc1. The molecule has 3 rings (SSSR count). The predicted octanol–water partition coefficient (Wildman–Crippen LogP) is 2.97. The van der Waals surface area contributed by atoms with E-state index in [1.165, 1.54) is 37.1 Å². The molecule has 1 fully saturated rings. The molecule has 1 atom stereocenters. The van der Waals surface area contributed by atoms with Crippen molar-refractivity contribution in [2.75, 3.05) is 25.5 Å². The molecule has 2 aromatic rings. The van der Waals surface area contributed by atoms with Crippen molar-refractivity contribution in [2.45, 2.75) is 25.3 Å². The smallest absolute Gasteiger partial charge is 0.0650 e. The first-order valence-corrected chi connectivity index (χ1v) is 7.37. The molecule has 1 saturated heterocycles. The molecule has 20 heavy (non-hydrogen) atoms. The molecule has 1 aromatic heterocycles. The number of benzene rings is 1. The summed E-state index contributed by atoms with van der Waals surface area (Å²) in [6.45, 7) is 2.25. The van der Waals surface area contributed by atoms with Gasteiger partial charge in [0.15, 0.2) is 0 Å². The minimum absolute atomic E-state index is 0.663. The molecular formula is C16H22N4. The van der Waals surface area contributed by atoms with Crippen LogP contribution in [0.5, 0.6) is 0 Å². The summed E-state index contributed by atoms with van der Waals surface area (Å²) < 4.78 is 0. The number of likely N-dealkylation sites (tertiary alicyclic amines) is 1. The Balaban J connectivity index is 1.58. The van der Waals surface area contributed by atoms with Crippen LogP contribution in [-0.2, 0) is 0 Å². The average molecular weight is 270 g/mol. The summed E-state index contributed by atoms with van der Waals surface area (Å²) in [4.78, 5) is 2.47. The zero-order chi connectivity index (χ0) is 13.8. The number of likely N-dealkylation sites (N-methyl/N-ethyl adjacent to an activating group) is 1. The van der Waals surface area contributed by atoms with Crippen LogP contribution < -0.4 is 5.32 Å². The predicted molar refractivity (Wildman–Crippen MR) is 82.8 cm³/mol. The topological polar surface area (TPSA) is 44.0 Å². The quantitative estimate of drug-likeness (QED) is 0.897. The fraction of sp³-hybridized carbons (Fsp3) is 0.438. The number of H-pyrrole nitrogens is 1. The zero-order valence-electron chi connectivity index (χ0n) is 12.0. The van der Waals surface area contributed by atoms with E-state index in [1.807, 2.05) is 6.07 Å². The van der Waals surface area contributed by atoms with Crippen molar-refractivity contribution in [3.63, 3.8) is 0 Å². The van der Waals surface area contributed by atoms with Crippen molar-refractivity contribution in [2.24, 2.45) is 0 Å². The number of aromatic nitrogens is 2. The molecule has 0 bridgehead atoms. The number of hydrogen-bond donors (Lipinski definition) is 2. The van der Waals surface area contributed by atoms with E-state index >= 15 is 0 Å². The highest BCUT2D eigenvalue weighted by Gasteiger charge is 2.18. The van der Waals surface area contributed by atoms with Gasteiger partial charge in [-0.15, -0.1) is 0 Å². The lowest BCUT2D eigenvalue weighted by Gasteiger charge is -2.32. The van der Waals surface area contributed by atoms with Gasteiger partial charge in [0.1, 0.15) is 0 Å². The highest BCUT2D eigenvalue weighted by molar-refractivity contribution is 5.62. The number of hydrogen-bond acceptors (Lipinski definition) is 3. The molecule has 0 spiro atoms. The van der Waals surface area contributed by atoms with Crippen LogP contribution in [0.4, 0.5) is 5.69 Å². The standard InChI is InChI=1S/C16H22N4/c1-20-11-3-2-4-15(20)12-17-14-7-5-13(6-8-14)16-9-10-18-19-16/h5-10,15,17H,2-4,11-12H2,1H3,(H,18,19). The van der Waals surface area contributed by atoms with Crippen molar-refractivity contribution in [3.8, 4) is 11.3 Å². The molecule has 1 unspecified atom stereocenters. The van der Waals surface area contributed by atoms with Gasteiger partial charge in [-0.2, -0.15) is 5.10 Å². The Morgan fingerprint density at radius 2 is 2.10 bits per heavy atom. The molecular weight excluding hydrogens is 248 g/mol. The highest BCUT2D eigenvalue weighted by Crippen LogP contribution is 2.20. The first kappa shape index (κ1) is 13.2. The Morgan fingerprint density at radius 1 is 1.25 bits per heavy atom. The van der Waals surface area contributed by atoms with Crippen LogP contribution in [0.1, 0.15) is 19.3 Å². The second-order valence-electron chi connectivity index (χ2n) is 5.56. The molecule has 106 valence electrons. The van der Waals surface area contributed by atoms with Gasteiger partial charge in [-0.05, 0) is 50.2 Å². The van der Waals surface area contributed by atoms with Gasteiger partial charge >= 0.3 is 0 Å². The summed E-state index contributed by atoms with van der Waals surface area (Å²) in [6.07, 6.45) is 5.78. The lowest BCUT2D eigenvalue weighted by Crippen LogP contribution is -2.40. The normalized spacial score (nSPS) is 19.9. The van der Waals surface area contributed by atoms with Crippen LogP contribution in [0.25, 0.3) is 11.3 Å². The van der Waals surface area contributed by atoms with E-state index in [-0.39, 0.29) is 0 Å². The zero-order valence-corrected chi connectivity index (χ0v) is 12.0. The first-order valence-electron chi connectivity index (χ1n) is 7.37. The van der Waals surface area contributed by atoms with Crippen molar-refractivity contribution in [1.29, 1.82) is 0 Å². The lowest BCUT2D eigenvalue weighted by atomic mass is 10.0. The minimum Gasteiger partial charge on any atom is -0.383 e. The van der Waals surface area contributed by atoms with Gasteiger partial charge in [-0.1, -0.05) is 18.6 Å². The molecule has 1 aromatic carbocycles. The van der Waals surface area contributed by atoms with Gasteiger partial charge in [0.05, 0.1) is 5.69 Å². The Morgan fingerprint density at radius 3 is 2.80 bits per heavy atom. The summed E-state index contributed by atoms with van der Waals surface area (Å²) >= 11 is 0. The van der Waals surface area contributed by atoms with E-state index in [0.29, 0.717) is 6.04 Å². The van der Waals surface area contributed by atoms with Crippen molar-refractivity contribution in [3.05, 3.63) is 36.5 Å². The van der Waals surface area contributed by atoms with Gasteiger partial charge in [-0.25, -0.2) is 0 Å². The summed E-state index contributed by atoms with van der Waals surface area (Å²) in [6, 6.07) is 11.2. The summed E-state index contributed by atoms with van der Waals surface area (Å²) in [5, 5.41) is 10.5.